The Morgan fingerprint density at radius 3 is 2.59 bits per heavy atom. The largest absolute Gasteiger partial charge is 0.312 e. The van der Waals surface area contributed by atoms with E-state index in [4.69, 9.17) is 0 Å². The lowest BCUT2D eigenvalue weighted by atomic mass is 10.1. The maximum atomic E-state index is 12.2. The summed E-state index contributed by atoms with van der Waals surface area (Å²) in [7, 11) is -1.80. The molecular weight excluding hydrogens is 300 g/mol. The molecule has 0 saturated carbocycles. The predicted molar refractivity (Wildman–Crippen MR) is 89.9 cm³/mol. The first-order valence-corrected chi connectivity index (χ1v) is 9.20. The van der Waals surface area contributed by atoms with E-state index in [1.165, 1.54) is 4.31 Å². The number of carbonyl (C=O) groups excluding carboxylic acids is 1. The quantitative estimate of drug-likeness (QED) is 0.808. The van der Waals surface area contributed by atoms with Gasteiger partial charge in [-0.25, -0.2) is 8.42 Å². The van der Waals surface area contributed by atoms with Crippen LogP contribution in [-0.4, -0.2) is 33.2 Å². The standard InChI is InChI=1S/C16H24N2O3S/c1-5-6-9-18-15-8-7-14(10-13(15)11-16(18)19)17(4)22(20,21)12(2)3/h7-8,10,12H,5-6,9,11H2,1-4H3. The number of hydrogen-bond acceptors (Lipinski definition) is 3. The molecule has 0 aliphatic carbocycles. The zero-order valence-electron chi connectivity index (χ0n) is 13.7. The first kappa shape index (κ1) is 16.8. The Morgan fingerprint density at radius 1 is 1.32 bits per heavy atom. The van der Waals surface area contributed by atoms with Crippen molar-refractivity contribution in [1.29, 1.82) is 0 Å². The van der Waals surface area contributed by atoms with Gasteiger partial charge in [0.1, 0.15) is 0 Å². The molecule has 0 bridgehead atoms. The van der Waals surface area contributed by atoms with Gasteiger partial charge in [-0.05, 0) is 44.0 Å². The second-order valence-electron chi connectivity index (χ2n) is 5.95. The van der Waals surface area contributed by atoms with Crippen LogP contribution in [0, 0.1) is 0 Å². The van der Waals surface area contributed by atoms with Crippen LogP contribution in [0.15, 0.2) is 18.2 Å². The minimum atomic E-state index is -3.35. The molecule has 1 aliphatic rings. The van der Waals surface area contributed by atoms with E-state index < -0.39 is 15.3 Å². The first-order valence-electron chi connectivity index (χ1n) is 7.70. The number of amides is 1. The third-order valence-corrected chi connectivity index (χ3v) is 6.24. The number of carbonyl (C=O) groups is 1. The van der Waals surface area contributed by atoms with Crippen molar-refractivity contribution in [3.63, 3.8) is 0 Å². The van der Waals surface area contributed by atoms with E-state index in [9.17, 15) is 13.2 Å². The Bertz CT molecular complexity index is 668. The van der Waals surface area contributed by atoms with E-state index in [0.29, 0.717) is 12.1 Å². The van der Waals surface area contributed by atoms with Gasteiger partial charge in [-0.15, -0.1) is 0 Å². The summed E-state index contributed by atoms with van der Waals surface area (Å²) < 4.78 is 25.8. The van der Waals surface area contributed by atoms with Crippen molar-refractivity contribution in [1.82, 2.24) is 0 Å². The van der Waals surface area contributed by atoms with Crippen LogP contribution < -0.4 is 9.21 Å². The van der Waals surface area contributed by atoms with E-state index in [0.717, 1.165) is 30.6 Å². The highest BCUT2D eigenvalue weighted by atomic mass is 32.2. The zero-order chi connectivity index (χ0) is 16.5. The fraction of sp³-hybridized carbons (Fsp3) is 0.562. The molecule has 0 spiro atoms. The number of sulfonamides is 1. The van der Waals surface area contributed by atoms with Crippen LogP contribution in [0.5, 0.6) is 0 Å². The molecule has 5 nitrogen and oxygen atoms in total. The number of anilines is 2. The molecule has 0 fully saturated rings. The first-order chi connectivity index (χ1) is 10.3. The second kappa shape index (κ2) is 6.28. The molecule has 122 valence electrons. The highest BCUT2D eigenvalue weighted by Gasteiger charge is 2.29. The SMILES string of the molecule is CCCCN1C(=O)Cc2cc(N(C)S(=O)(=O)C(C)C)ccc21. The van der Waals surface area contributed by atoms with Crippen molar-refractivity contribution in [3.8, 4) is 0 Å². The van der Waals surface area contributed by atoms with Gasteiger partial charge >= 0.3 is 0 Å². The van der Waals surface area contributed by atoms with Crippen LogP contribution in [0.1, 0.15) is 39.2 Å². The topological polar surface area (TPSA) is 57.7 Å². The van der Waals surface area contributed by atoms with Crippen LogP contribution in [0.4, 0.5) is 11.4 Å². The summed E-state index contributed by atoms with van der Waals surface area (Å²) in [4.78, 5) is 13.9. The lowest BCUT2D eigenvalue weighted by molar-refractivity contribution is -0.117. The van der Waals surface area contributed by atoms with Crippen LogP contribution in [-0.2, 0) is 21.2 Å². The van der Waals surface area contributed by atoms with Gasteiger partial charge < -0.3 is 4.90 Å². The van der Waals surface area contributed by atoms with Crippen molar-refractivity contribution >= 4 is 27.3 Å². The molecule has 0 N–H and O–H groups in total. The molecule has 0 saturated heterocycles. The van der Waals surface area contributed by atoms with Gasteiger partial charge in [0.15, 0.2) is 0 Å². The predicted octanol–water partition coefficient (Wildman–Crippen LogP) is 2.55. The molecule has 1 heterocycles. The lowest BCUT2D eigenvalue weighted by Crippen LogP contribution is -2.33. The van der Waals surface area contributed by atoms with E-state index >= 15 is 0 Å². The molecule has 1 aromatic rings. The van der Waals surface area contributed by atoms with E-state index in [-0.39, 0.29) is 5.91 Å². The molecule has 1 aliphatic heterocycles. The van der Waals surface area contributed by atoms with Crippen LogP contribution in [0.2, 0.25) is 0 Å². The third-order valence-electron chi connectivity index (χ3n) is 4.07. The summed E-state index contributed by atoms with van der Waals surface area (Å²) in [6.45, 7) is 6.14. The zero-order valence-corrected chi connectivity index (χ0v) is 14.5. The van der Waals surface area contributed by atoms with Gasteiger partial charge in [0.25, 0.3) is 0 Å². The van der Waals surface area contributed by atoms with Crippen molar-refractivity contribution < 1.29 is 13.2 Å². The Labute approximate surface area is 133 Å². The van der Waals surface area contributed by atoms with Gasteiger partial charge in [0.05, 0.1) is 17.4 Å². The average molecular weight is 324 g/mol. The second-order valence-corrected chi connectivity index (χ2v) is 8.47. The fourth-order valence-electron chi connectivity index (χ4n) is 2.59. The monoisotopic (exact) mass is 324 g/mol. The van der Waals surface area contributed by atoms with Gasteiger partial charge in [-0.1, -0.05) is 13.3 Å². The molecule has 0 radical (unpaired) electrons. The van der Waals surface area contributed by atoms with Gasteiger partial charge in [-0.2, -0.15) is 0 Å². The number of nitrogens with zero attached hydrogens (tertiary/aromatic N) is 2. The molecule has 22 heavy (non-hydrogen) atoms. The Morgan fingerprint density at radius 2 is 2.00 bits per heavy atom. The minimum Gasteiger partial charge on any atom is -0.312 e. The Balaban J connectivity index is 2.31. The summed E-state index contributed by atoms with van der Waals surface area (Å²) >= 11 is 0. The summed E-state index contributed by atoms with van der Waals surface area (Å²) in [6.07, 6.45) is 2.35. The number of rotatable bonds is 6. The van der Waals surface area contributed by atoms with Gasteiger partial charge in [0.2, 0.25) is 15.9 Å². The number of benzene rings is 1. The van der Waals surface area contributed by atoms with E-state index in [1.54, 1.807) is 31.9 Å². The number of fused-ring (bicyclic) bond motifs is 1. The van der Waals surface area contributed by atoms with Crippen molar-refractivity contribution in [2.45, 2.75) is 45.3 Å². The number of unbranched alkanes of at least 4 members (excludes halogenated alkanes) is 1. The highest BCUT2D eigenvalue weighted by molar-refractivity contribution is 7.93. The Hall–Kier alpha value is -1.56. The molecule has 6 heteroatoms. The highest BCUT2D eigenvalue weighted by Crippen LogP contribution is 2.33. The summed E-state index contributed by atoms with van der Waals surface area (Å²) in [6, 6.07) is 5.45. The van der Waals surface area contributed by atoms with E-state index in [2.05, 4.69) is 6.92 Å². The van der Waals surface area contributed by atoms with E-state index in [1.807, 2.05) is 12.1 Å². The van der Waals surface area contributed by atoms with Crippen molar-refractivity contribution in [3.05, 3.63) is 23.8 Å². The maximum absolute atomic E-state index is 12.2. The lowest BCUT2D eigenvalue weighted by Gasteiger charge is -2.23. The third kappa shape index (κ3) is 2.97. The molecule has 1 aromatic carbocycles. The van der Waals surface area contributed by atoms with Gasteiger partial charge in [-0.3, -0.25) is 9.10 Å². The van der Waals surface area contributed by atoms with Crippen LogP contribution in [0.3, 0.4) is 0 Å². The maximum Gasteiger partial charge on any atom is 0.237 e. The van der Waals surface area contributed by atoms with Crippen molar-refractivity contribution in [2.75, 3.05) is 22.8 Å². The van der Waals surface area contributed by atoms with Crippen LogP contribution in [0.25, 0.3) is 0 Å². The molecule has 1 amide bonds. The van der Waals surface area contributed by atoms with Crippen LogP contribution >= 0.6 is 0 Å². The smallest absolute Gasteiger partial charge is 0.237 e. The Kier molecular flexibility index (Phi) is 4.80. The van der Waals surface area contributed by atoms with Gasteiger partial charge in [0, 0.05) is 19.3 Å². The minimum absolute atomic E-state index is 0.0926. The molecule has 0 unspecified atom stereocenters. The average Bonchev–Trinajstić information content (AvgIpc) is 2.78. The summed E-state index contributed by atoms with van der Waals surface area (Å²) in [5.74, 6) is 0.0926. The number of hydrogen-bond donors (Lipinski definition) is 0. The molecule has 0 atom stereocenters. The molecular formula is C16H24N2O3S. The fourth-order valence-corrected chi connectivity index (χ4v) is 3.63. The van der Waals surface area contributed by atoms with Crippen molar-refractivity contribution in [2.24, 2.45) is 0 Å². The summed E-state index contributed by atoms with van der Waals surface area (Å²) in [5, 5.41) is -0.478. The summed E-state index contributed by atoms with van der Waals surface area (Å²) in [5.41, 5.74) is 2.43. The molecule has 0 aromatic heterocycles. The normalized spacial score (nSPS) is 14.6. The molecule has 2 rings (SSSR count).